The van der Waals surface area contributed by atoms with Crippen molar-refractivity contribution >= 4 is 17.7 Å². The molecule has 0 aromatic carbocycles. The van der Waals surface area contributed by atoms with E-state index in [0.29, 0.717) is 5.75 Å². The number of amides is 1. The van der Waals surface area contributed by atoms with Gasteiger partial charge in [0.25, 0.3) is 0 Å². The summed E-state index contributed by atoms with van der Waals surface area (Å²) >= 11 is 1.49. The van der Waals surface area contributed by atoms with Crippen molar-refractivity contribution in [2.45, 2.75) is 44.8 Å². The molecule has 0 aliphatic rings. The van der Waals surface area contributed by atoms with E-state index < -0.39 is 0 Å². The standard InChI is InChI=1S/C12H21N3OS/c1-3-5-6-7-13-11(16)10-17-12-14-8-9-15(12)4-2/h8-9H,3-7,10H2,1-2H3,(H,13,16). The highest BCUT2D eigenvalue weighted by Crippen LogP contribution is 2.14. The Morgan fingerprint density at radius 3 is 3.00 bits per heavy atom. The van der Waals surface area contributed by atoms with Gasteiger partial charge in [0.1, 0.15) is 0 Å². The highest BCUT2D eigenvalue weighted by Gasteiger charge is 2.06. The molecule has 1 heterocycles. The summed E-state index contributed by atoms with van der Waals surface area (Å²) < 4.78 is 2.04. The molecule has 0 radical (unpaired) electrons. The van der Waals surface area contributed by atoms with Crippen LogP contribution in [0.25, 0.3) is 0 Å². The van der Waals surface area contributed by atoms with E-state index in [1.807, 2.05) is 10.8 Å². The fourth-order valence-electron chi connectivity index (χ4n) is 1.46. The van der Waals surface area contributed by atoms with Gasteiger partial charge >= 0.3 is 0 Å². The van der Waals surface area contributed by atoms with E-state index in [4.69, 9.17) is 0 Å². The van der Waals surface area contributed by atoms with Gasteiger partial charge in [-0.1, -0.05) is 31.5 Å². The Morgan fingerprint density at radius 1 is 1.47 bits per heavy atom. The summed E-state index contributed by atoms with van der Waals surface area (Å²) in [5.74, 6) is 0.542. The van der Waals surface area contributed by atoms with Gasteiger partial charge in [0, 0.05) is 25.5 Å². The summed E-state index contributed by atoms with van der Waals surface area (Å²) in [6.07, 6.45) is 7.12. The molecule has 96 valence electrons. The Kier molecular flexibility index (Phi) is 6.77. The zero-order valence-electron chi connectivity index (χ0n) is 10.6. The van der Waals surface area contributed by atoms with E-state index in [1.165, 1.54) is 24.6 Å². The number of carbonyl (C=O) groups is 1. The smallest absolute Gasteiger partial charge is 0.230 e. The van der Waals surface area contributed by atoms with Crippen LogP contribution in [-0.4, -0.2) is 27.8 Å². The summed E-state index contributed by atoms with van der Waals surface area (Å²) in [7, 11) is 0. The zero-order valence-corrected chi connectivity index (χ0v) is 11.4. The van der Waals surface area contributed by atoms with Crippen molar-refractivity contribution in [1.82, 2.24) is 14.9 Å². The van der Waals surface area contributed by atoms with Crippen molar-refractivity contribution < 1.29 is 4.79 Å². The molecule has 1 rings (SSSR count). The molecule has 1 aromatic heterocycles. The predicted molar refractivity (Wildman–Crippen MR) is 71.2 cm³/mol. The number of unbranched alkanes of at least 4 members (excludes halogenated alkanes) is 2. The normalized spacial score (nSPS) is 10.5. The third kappa shape index (κ3) is 5.26. The van der Waals surface area contributed by atoms with Crippen molar-refractivity contribution in [3.8, 4) is 0 Å². The van der Waals surface area contributed by atoms with E-state index >= 15 is 0 Å². The number of hydrogen-bond donors (Lipinski definition) is 1. The number of hydrogen-bond acceptors (Lipinski definition) is 3. The van der Waals surface area contributed by atoms with Gasteiger partial charge in [-0.3, -0.25) is 4.79 Å². The molecular weight excluding hydrogens is 234 g/mol. The minimum atomic E-state index is 0.0942. The molecule has 0 aliphatic carbocycles. The Bertz CT molecular complexity index is 338. The summed E-state index contributed by atoms with van der Waals surface area (Å²) in [5.41, 5.74) is 0. The number of rotatable bonds is 8. The molecule has 0 aliphatic heterocycles. The van der Waals surface area contributed by atoms with Crippen LogP contribution in [0.4, 0.5) is 0 Å². The first-order valence-corrected chi connectivity index (χ1v) is 7.17. The molecule has 0 atom stereocenters. The Morgan fingerprint density at radius 2 is 2.29 bits per heavy atom. The molecule has 4 nitrogen and oxygen atoms in total. The fourth-order valence-corrected chi connectivity index (χ4v) is 2.31. The van der Waals surface area contributed by atoms with Gasteiger partial charge in [-0.2, -0.15) is 0 Å². The van der Waals surface area contributed by atoms with Crippen molar-refractivity contribution in [1.29, 1.82) is 0 Å². The van der Waals surface area contributed by atoms with E-state index in [9.17, 15) is 4.79 Å². The molecule has 5 heteroatoms. The number of aryl methyl sites for hydroxylation is 1. The molecule has 0 spiro atoms. The van der Waals surface area contributed by atoms with Crippen molar-refractivity contribution in [3.05, 3.63) is 12.4 Å². The number of aromatic nitrogens is 2. The third-order valence-electron chi connectivity index (χ3n) is 2.45. The molecule has 0 saturated carbocycles. The number of nitrogens with zero attached hydrogens (tertiary/aromatic N) is 2. The lowest BCUT2D eigenvalue weighted by atomic mass is 10.2. The second-order valence-corrected chi connectivity index (χ2v) is 4.78. The Balaban J connectivity index is 2.19. The van der Waals surface area contributed by atoms with Crippen LogP contribution in [0.2, 0.25) is 0 Å². The zero-order chi connectivity index (χ0) is 12.5. The molecule has 1 aromatic rings. The van der Waals surface area contributed by atoms with E-state index in [0.717, 1.165) is 24.7 Å². The summed E-state index contributed by atoms with van der Waals surface area (Å²) in [4.78, 5) is 15.7. The van der Waals surface area contributed by atoms with Gasteiger partial charge in [0.05, 0.1) is 5.75 Å². The van der Waals surface area contributed by atoms with Crippen LogP contribution in [0.3, 0.4) is 0 Å². The average molecular weight is 255 g/mol. The van der Waals surface area contributed by atoms with Gasteiger partial charge in [-0.25, -0.2) is 4.98 Å². The van der Waals surface area contributed by atoms with Crippen LogP contribution < -0.4 is 5.32 Å². The van der Waals surface area contributed by atoms with Crippen LogP contribution in [0.5, 0.6) is 0 Å². The van der Waals surface area contributed by atoms with Gasteiger partial charge in [-0.15, -0.1) is 0 Å². The van der Waals surface area contributed by atoms with Crippen molar-refractivity contribution in [2.24, 2.45) is 0 Å². The second kappa shape index (κ2) is 8.17. The summed E-state index contributed by atoms with van der Waals surface area (Å²) in [6, 6.07) is 0. The maximum Gasteiger partial charge on any atom is 0.230 e. The minimum absolute atomic E-state index is 0.0942. The second-order valence-electron chi connectivity index (χ2n) is 3.84. The molecular formula is C12H21N3OS. The quantitative estimate of drug-likeness (QED) is 0.573. The summed E-state index contributed by atoms with van der Waals surface area (Å²) in [6.45, 7) is 5.90. The molecule has 0 fully saturated rings. The fraction of sp³-hybridized carbons (Fsp3) is 0.667. The van der Waals surface area contributed by atoms with Crippen molar-refractivity contribution in [3.63, 3.8) is 0 Å². The van der Waals surface area contributed by atoms with Crippen LogP contribution in [-0.2, 0) is 11.3 Å². The predicted octanol–water partition coefficient (Wildman–Crippen LogP) is 2.30. The lowest BCUT2D eigenvalue weighted by Crippen LogP contribution is -2.26. The molecule has 17 heavy (non-hydrogen) atoms. The van der Waals surface area contributed by atoms with Crippen LogP contribution in [0.1, 0.15) is 33.1 Å². The molecule has 1 amide bonds. The van der Waals surface area contributed by atoms with Gasteiger partial charge in [0.2, 0.25) is 5.91 Å². The lowest BCUT2D eigenvalue weighted by Gasteiger charge is -2.05. The topological polar surface area (TPSA) is 46.9 Å². The number of carbonyl (C=O) groups excluding carboxylic acids is 1. The molecule has 0 saturated heterocycles. The first-order chi connectivity index (χ1) is 8.27. The third-order valence-corrected chi connectivity index (χ3v) is 3.46. The minimum Gasteiger partial charge on any atom is -0.355 e. The highest BCUT2D eigenvalue weighted by molar-refractivity contribution is 7.99. The molecule has 1 N–H and O–H groups in total. The Labute approximate surface area is 107 Å². The first kappa shape index (κ1) is 14.1. The molecule has 0 bridgehead atoms. The van der Waals surface area contributed by atoms with E-state index in [2.05, 4.69) is 24.1 Å². The number of imidazole rings is 1. The summed E-state index contributed by atoms with van der Waals surface area (Å²) in [5, 5.41) is 3.83. The SMILES string of the molecule is CCCCCNC(=O)CSc1nccn1CC. The van der Waals surface area contributed by atoms with Crippen LogP contribution >= 0.6 is 11.8 Å². The Hall–Kier alpha value is -0.970. The first-order valence-electron chi connectivity index (χ1n) is 6.18. The molecule has 0 unspecified atom stereocenters. The van der Waals surface area contributed by atoms with Crippen LogP contribution in [0.15, 0.2) is 17.6 Å². The maximum absolute atomic E-state index is 11.5. The lowest BCUT2D eigenvalue weighted by molar-refractivity contribution is -0.118. The van der Waals surface area contributed by atoms with Gasteiger partial charge in [0.15, 0.2) is 5.16 Å². The van der Waals surface area contributed by atoms with Crippen molar-refractivity contribution in [2.75, 3.05) is 12.3 Å². The number of thioether (sulfide) groups is 1. The van der Waals surface area contributed by atoms with E-state index in [-0.39, 0.29) is 5.91 Å². The van der Waals surface area contributed by atoms with Gasteiger partial charge < -0.3 is 9.88 Å². The monoisotopic (exact) mass is 255 g/mol. The number of nitrogens with one attached hydrogen (secondary N) is 1. The van der Waals surface area contributed by atoms with E-state index in [1.54, 1.807) is 6.20 Å². The average Bonchev–Trinajstić information content (AvgIpc) is 2.79. The largest absolute Gasteiger partial charge is 0.355 e. The highest BCUT2D eigenvalue weighted by atomic mass is 32.2. The van der Waals surface area contributed by atoms with Gasteiger partial charge in [-0.05, 0) is 13.3 Å². The maximum atomic E-state index is 11.5. The van der Waals surface area contributed by atoms with Crippen LogP contribution in [0, 0.1) is 0 Å².